The number of hydrogen-bond acceptors (Lipinski definition) is 2. The predicted octanol–water partition coefficient (Wildman–Crippen LogP) is 4.44. The molecule has 0 amide bonds. The summed E-state index contributed by atoms with van der Waals surface area (Å²) in [6, 6.07) is 16.3. The second-order valence-corrected chi connectivity index (χ2v) is 4.56. The molecule has 2 aromatic carbocycles. The standard InChI is InChI=1S/C18H19NO/c1-3-15-7-5-9-17(11-15)13-19-20-14-18-10-6-8-16(4-2)12-18/h4-13H,2-3,14H2,1H3. The van der Waals surface area contributed by atoms with E-state index in [1.807, 2.05) is 42.5 Å². The molecule has 0 heterocycles. The van der Waals surface area contributed by atoms with E-state index in [4.69, 9.17) is 4.84 Å². The molecule has 0 radical (unpaired) electrons. The Hall–Kier alpha value is -2.35. The van der Waals surface area contributed by atoms with Crippen LogP contribution in [0.4, 0.5) is 0 Å². The molecule has 20 heavy (non-hydrogen) atoms. The van der Waals surface area contributed by atoms with Gasteiger partial charge in [0.05, 0.1) is 6.21 Å². The lowest BCUT2D eigenvalue weighted by molar-refractivity contribution is 0.132. The monoisotopic (exact) mass is 265 g/mol. The molecule has 0 aliphatic rings. The zero-order chi connectivity index (χ0) is 14.2. The maximum absolute atomic E-state index is 5.33. The first-order chi connectivity index (χ1) is 9.81. The van der Waals surface area contributed by atoms with Gasteiger partial charge < -0.3 is 4.84 Å². The summed E-state index contributed by atoms with van der Waals surface area (Å²) in [7, 11) is 0. The Morgan fingerprint density at radius 1 is 1.05 bits per heavy atom. The van der Waals surface area contributed by atoms with E-state index in [0.29, 0.717) is 6.61 Å². The van der Waals surface area contributed by atoms with E-state index in [-0.39, 0.29) is 0 Å². The summed E-state index contributed by atoms with van der Waals surface area (Å²) >= 11 is 0. The smallest absolute Gasteiger partial charge is 0.142 e. The van der Waals surface area contributed by atoms with E-state index in [1.54, 1.807) is 6.21 Å². The largest absolute Gasteiger partial charge is 0.391 e. The van der Waals surface area contributed by atoms with Gasteiger partial charge >= 0.3 is 0 Å². The zero-order valence-corrected chi connectivity index (χ0v) is 11.8. The van der Waals surface area contributed by atoms with Crippen molar-refractivity contribution in [2.45, 2.75) is 20.0 Å². The van der Waals surface area contributed by atoms with E-state index >= 15 is 0 Å². The van der Waals surface area contributed by atoms with Gasteiger partial charge in [-0.15, -0.1) is 0 Å². The number of hydrogen-bond donors (Lipinski definition) is 0. The first kappa shape index (κ1) is 14.1. The fraction of sp³-hybridized carbons (Fsp3) is 0.167. The molecule has 0 aliphatic carbocycles. The maximum atomic E-state index is 5.33. The zero-order valence-electron chi connectivity index (χ0n) is 11.8. The third kappa shape index (κ3) is 4.09. The van der Waals surface area contributed by atoms with E-state index in [0.717, 1.165) is 23.1 Å². The molecule has 0 saturated heterocycles. The highest BCUT2D eigenvalue weighted by Gasteiger charge is 1.94. The van der Waals surface area contributed by atoms with Crippen LogP contribution in [0.2, 0.25) is 0 Å². The fourth-order valence-corrected chi connectivity index (χ4v) is 1.91. The second-order valence-electron chi connectivity index (χ2n) is 4.56. The van der Waals surface area contributed by atoms with Crippen molar-refractivity contribution in [1.82, 2.24) is 0 Å². The third-order valence-electron chi connectivity index (χ3n) is 3.05. The average molecular weight is 265 g/mol. The molecule has 2 nitrogen and oxygen atoms in total. The van der Waals surface area contributed by atoms with Crippen molar-refractivity contribution >= 4 is 12.3 Å². The van der Waals surface area contributed by atoms with Gasteiger partial charge in [0.15, 0.2) is 0 Å². The highest BCUT2D eigenvalue weighted by Crippen LogP contribution is 2.08. The summed E-state index contributed by atoms with van der Waals surface area (Å²) in [5.41, 5.74) is 4.53. The van der Waals surface area contributed by atoms with E-state index in [1.165, 1.54) is 5.56 Å². The predicted molar refractivity (Wildman–Crippen MR) is 84.7 cm³/mol. The Morgan fingerprint density at radius 2 is 1.75 bits per heavy atom. The van der Waals surface area contributed by atoms with E-state index < -0.39 is 0 Å². The Labute approximate surface area is 120 Å². The first-order valence-electron chi connectivity index (χ1n) is 6.77. The lowest BCUT2D eigenvalue weighted by Crippen LogP contribution is -1.90. The van der Waals surface area contributed by atoms with Gasteiger partial charge in [0.25, 0.3) is 0 Å². The molecule has 0 spiro atoms. The van der Waals surface area contributed by atoms with Gasteiger partial charge in [0, 0.05) is 0 Å². The summed E-state index contributed by atoms with van der Waals surface area (Å²) in [6.45, 7) is 6.36. The maximum Gasteiger partial charge on any atom is 0.142 e. The van der Waals surface area contributed by atoms with Crippen LogP contribution >= 0.6 is 0 Å². The number of nitrogens with zero attached hydrogens (tertiary/aromatic N) is 1. The van der Waals surface area contributed by atoms with Crippen molar-refractivity contribution in [2.24, 2.45) is 5.16 Å². The number of benzene rings is 2. The van der Waals surface area contributed by atoms with Crippen molar-refractivity contribution in [2.75, 3.05) is 0 Å². The molecule has 2 rings (SSSR count). The van der Waals surface area contributed by atoms with Gasteiger partial charge in [0.1, 0.15) is 6.61 Å². The molecular formula is C18H19NO. The lowest BCUT2D eigenvalue weighted by atomic mass is 10.1. The Bertz CT molecular complexity index is 602. The van der Waals surface area contributed by atoms with Gasteiger partial charge in [-0.3, -0.25) is 0 Å². The molecule has 0 aliphatic heterocycles. The van der Waals surface area contributed by atoms with Crippen molar-refractivity contribution < 1.29 is 4.84 Å². The highest BCUT2D eigenvalue weighted by atomic mass is 16.6. The molecule has 0 aromatic heterocycles. The Balaban J connectivity index is 1.91. The van der Waals surface area contributed by atoms with Crippen LogP contribution < -0.4 is 0 Å². The molecule has 2 aromatic rings. The van der Waals surface area contributed by atoms with Gasteiger partial charge in [-0.2, -0.15) is 0 Å². The van der Waals surface area contributed by atoms with E-state index in [9.17, 15) is 0 Å². The molecule has 102 valence electrons. The average Bonchev–Trinajstić information content (AvgIpc) is 2.52. The minimum atomic E-state index is 0.464. The summed E-state index contributed by atoms with van der Waals surface area (Å²) in [4.78, 5) is 5.33. The third-order valence-corrected chi connectivity index (χ3v) is 3.05. The summed E-state index contributed by atoms with van der Waals surface area (Å²) in [5, 5.41) is 4.02. The molecule has 0 saturated carbocycles. The molecule has 2 heteroatoms. The molecule has 0 bridgehead atoms. The lowest BCUT2D eigenvalue weighted by Gasteiger charge is -2.01. The SMILES string of the molecule is C=Cc1cccc(CON=Cc2cccc(CC)c2)c1. The van der Waals surface area contributed by atoms with Crippen LogP contribution in [0, 0.1) is 0 Å². The summed E-state index contributed by atoms with van der Waals surface area (Å²) in [5.74, 6) is 0. The Kier molecular flexibility index (Phi) is 5.13. The number of oxime groups is 1. The van der Waals surface area contributed by atoms with Crippen molar-refractivity contribution in [3.8, 4) is 0 Å². The number of rotatable bonds is 6. The van der Waals surface area contributed by atoms with Crippen molar-refractivity contribution in [1.29, 1.82) is 0 Å². The Morgan fingerprint density at radius 3 is 2.50 bits per heavy atom. The van der Waals surface area contributed by atoms with Crippen LogP contribution in [-0.2, 0) is 17.9 Å². The van der Waals surface area contributed by atoms with Gasteiger partial charge in [-0.05, 0) is 34.7 Å². The van der Waals surface area contributed by atoms with Crippen LogP contribution in [0.3, 0.4) is 0 Å². The van der Waals surface area contributed by atoms with Crippen LogP contribution in [0.15, 0.2) is 60.3 Å². The molecule has 0 N–H and O–H groups in total. The van der Waals surface area contributed by atoms with Gasteiger partial charge in [-0.25, -0.2) is 0 Å². The fourth-order valence-electron chi connectivity index (χ4n) is 1.91. The van der Waals surface area contributed by atoms with Crippen molar-refractivity contribution in [3.05, 3.63) is 77.4 Å². The molecular weight excluding hydrogens is 246 g/mol. The molecule has 0 fully saturated rings. The molecule has 0 unspecified atom stereocenters. The number of aryl methyl sites for hydroxylation is 1. The summed E-state index contributed by atoms with van der Waals surface area (Å²) < 4.78 is 0. The minimum absolute atomic E-state index is 0.464. The second kappa shape index (κ2) is 7.29. The topological polar surface area (TPSA) is 21.6 Å². The quantitative estimate of drug-likeness (QED) is 0.559. The van der Waals surface area contributed by atoms with Gasteiger partial charge in [0.2, 0.25) is 0 Å². The van der Waals surface area contributed by atoms with E-state index in [2.05, 4.69) is 30.8 Å². The first-order valence-corrected chi connectivity index (χ1v) is 6.77. The highest BCUT2D eigenvalue weighted by molar-refractivity contribution is 5.79. The van der Waals surface area contributed by atoms with Crippen LogP contribution in [0.25, 0.3) is 6.08 Å². The van der Waals surface area contributed by atoms with Crippen LogP contribution in [0.1, 0.15) is 29.2 Å². The molecule has 0 atom stereocenters. The van der Waals surface area contributed by atoms with Crippen LogP contribution in [-0.4, -0.2) is 6.21 Å². The minimum Gasteiger partial charge on any atom is -0.391 e. The normalized spacial score (nSPS) is 10.7. The van der Waals surface area contributed by atoms with Gasteiger partial charge in [-0.1, -0.05) is 67.2 Å². The van der Waals surface area contributed by atoms with Crippen LogP contribution in [0.5, 0.6) is 0 Å². The summed E-state index contributed by atoms with van der Waals surface area (Å²) in [6.07, 6.45) is 4.59. The van der Waals surface area contributed by atoms with Crippen molar-refractivity contribution in [3.63, 3.8) is 0 Å².